The first kappa shape index (κ1) is 20.7. The molecule has 0 saturated carbocycles. The monoisotopic (exact) mass is 327 g/mol. The van der Waals surface area contributed by atoms with E-state index in [9.17, 15) is 22.8 Å². The Labute approximate surface area is 128 Å². The SMILES string of the molecule is CCCCOCCCN(CC(C)C(=O)OC)C(=O)C(F)(F)F. The number of hydrogen-bond acceptors (Lipinski definition) is 4. The first-order valence-corrected chi connectivity index (χ1v) is 7.25. The molecule has 0 fully saturated rings. The van der Waals surface area contributed by atoms with Crippen molar-refractivity contribution in [3.8, 4) is 0 Å². The Kier molecular flexibility index (Phi) is 9.80. The molecule has 5 nitrogen and oxygen atoms in total. The van der Waals surface area contributed by atoms with Gasteiger partial charge in [0, 0.05) is 26.3 Å². The summed E-state index contributed by atoms with van der Waals surface area (Å²) in [6.45, 7) is 3.78. The van der Waals surface area contributed by atoms with Gasteiger partial charge in [-0.25, -0.2) is 0 Å². The molecule has 0 aromatic heterocycles. The molecule has 0 saturated heterocycles. The van der Waals surface area contributed by atoms with Gasteiger partial charge in [-0.1, -0.05) is 20.3 Å². The van der Waals surface area contributed by atoms with Crippen LogP contribution in [0.15, 0.2) is 0 Å². The molecular weight excluding hydrogens is 303 g/mol. The number of halogens is 3. The van der Waals surface area contributed by atoms with Gasteiger partial charge < -0.3 is 14.4 Å². The van der Waals surface area contributed by atoms with Gasteiger partial charge >= 0.3 is 18.1 Å². The van der Waals surface area contributed by atoms with Gasteiger partial charge in [0.2, 0.25) is 0 Å². The lowest BCUT2D eigenvalue weighted by Gasteiger charge is -2.25. The molecule has 0 rings (SSSR count). The van der Waals surface area contributed by atoms with Gasteiger partial charge in [0.1, 0.15) is 0 Å². The van der Waals surface area contributed by atoms with E-state index in [1.807, 2.05) is 6.92 Å². The number of ether oxygens (including phenoxy) is 2. The van der Waals surface area contributed by atoms with Crippen LogP contribution in [0.1, 0.15) is 33.1 Å². The van der Waals surface area contributed by atoms with Crippen LogP contribution in [0.4, 0.5) is 13.2 Å². The molecule has 0 spiro atoms. The molecule has 1 amide bonds. The summed E-state index contributed by atoms with van der Waals surface area (Å²) in [6, 6.07) is 0. The Morgan fingerprint density at radius 2 is 1.77 bits per heavy atom. The van der Waals surface area contributed by atoms with Crippen molar-refractivity contribution >= 4 is 11.9 Å². The van der Waals surface area contributed by atoms with Crippen molar-refractivity contribution in [3.63, 3.8) is 0 Å². The number of methoxy groups -OCH3 is 1. The topological polar surface area (TPSA) is 55.8 Å². The molecule has 22 heavy (non-hydrogen) atoms. The number of hydrogen-bond donors (Lipinski definition) is 0. The second-order valence-corrected chi connectivity index (χ2v) is 4.99. The normalized spacial score (nSPS) is 12.8. The van der Waals surface area contributed by atoms with Crippen LogP contribution < -0.4 is 0 Å². The zero-order valence-corrected chi connectivity index (χ0v) is 13.2. The van der Waals surface area contributed by atoms with Crippen LogP contribution in [0.2, 0.25) is 0 Å². The minimum absolute atomic E-state index is 0.119. The lowest BCUT2D eigenvalue weighted by atomic mass is 10.1. The largest absolute Gasteiger partial charge is 0.471 e. The van der Waals surface area contributed by atoms with E-state index in [-0.39, 0.29) is 26.1 Å². The lowest BCUT2D eigenvalue weighted by Crippen LogP contribution is -2.45. The van der Waals surface area contributed by atoms with Gasteiger partial charge in [-0.3, -0.25) is 9.59 Å². The van der Waals surface area contributed by atoms with Crippen LogP contribution in [0.5, 0.6) is 0 Å². The molecule has 1 unspecified atom stereocenters. The zero-order valence-electron chi connectivity index (χ0n) is 13.2. The molecule has 0 aromatic carbocycles. The summed E-state index contributed by atoms with van der Waals surface area (Å²) < 4.78 is 47.4. The molecule has 8 heteroatoms. The second-order valence-electron chi connectivity index (χ2n) is 4.99. The summed E-state index contributed by atoms with van der Waals surface area (Å²) in [5, 5.41) is 0. The highest BCUT2D eigenvalue weighted by Crippen LogP contribution is 2.19. The Balaban J connectivity index is 4.48. The number of alkyl halides is 3. The minimum Gasteiger partial charge on any atom is -0.469 e. The van der Waals surface area contributed by atoms with Crippen LogP contribution >= 0.6 is 0 Å². The smallest absolute Gasteiger partial charge is 0.469 e. The van der Waals surface area contributed by atoms with Crippen molar-refractivity contribution in [1.82, 2.24) is 4.90 Å². The average Bonchev–Trinajstić information content (AvgIpc) is 2.46. The summed E-state index contributed by atoms with van der Waals surface area (Å²) in [7, 11) is 1.15. The third-order valence-electron chi connectivity index (χ3n) is 2.99. The van der Waals surface area contributed by atoms with Gasteiger partial charge in [-0.05, 0) is 12.8 Å². The van der Waals surface area contributed by atoms with Gasteiger partial charge in [0.15, 0.2) is 0 Å². The van der Waals surface area contributed by atoms with Crippen LogP contribution in [-0.2, 0) is 19.1 Å². The molecule has 0 radical (unpaired) electrons. The summed E-state index contributed by atoms with van der Waals surface area (Å²) in [5.41, 5.74) is 0. The summed E-state index contributed by atoms with van der Waals surface area (Å²) in [6.07, 6.45) is -2.84. The van der Waals surface area contributed by atoms with Crippen molar-refractivity contribution < 1.29 is 32.2 Å². The van der Waals surface area contributed by atoms with Gasteiger partial charge in [-0.2, -0.15) is 13.2 Å². The number of amides is 1. The Bertz CT molecular complexity index is 347. The highest BCUT2D eigenvalue weighted by molar-refractivity contribution is 5.82. The Morgan fingerprint density at radius 1 is 1.18 bits per heavy atom. The lowest BCUT2D eigenvalue weighted by molar-refractivity contribution is -0.186. The van der Waals surface area contributed by atoms with E-state index in [0.29, 0.717) is 11.5 Å². The van der Waals surface area contributed by atoms with Crippen LogP contribution in [0, 0.1) is 5.92 Å². The van der Waals surface area contributed by atoms with Crippen LogP contribution in [0.3, 0.4) is 0 Å². The third kappa shape index (κ3) is 8.21. The van der Waals surface area contributed by atoms with E-state index in [4.69, 9.17) is 4.74 Å². The maximum Gasteiger partial charge on any atom is 0.471 e. The number of carbonyl (C=O) groups is 2. The Hall–Kier alpha value is -1.31. The van der Waals surface area contributed by atoms with E-state index in [2.05, 4.69) is 4.74 Å². The van der Waals surface area contributed by atoms with Crippen molar-refractivity contribution in [2.45, 2.75) is 39.3 Å². The molecule has 0 heterocycles. The van der Waals surface area contributed by atoms with E-state index < -0.39 is 24.0 Å². The predicted octanol–water partition coefficient (Wildman–Crippen LogP) is 2.39. The third-order valence-corrected chi connectivity index (χ3v) is 2.99. The van der Waals surface area contributed by atoms with Crippen molar-refractivity contribution in [1.29, 1.82) is 0 Å². The van der Waals surface area contributed by atoms with Gasteiger partial charge in [-0.15, -0.1) is 0 Å². The number of unbranched alkanes of at least 4 members (excludes halogenated alkanes) is 1. The molecule has 0 aliphatic carbocycles. The predicted molar refractivity (Wildman–Crippen MR) is 74.2 cm³/mol. The first-order valence-electron chi connectivity index (χ1n) is 7.25. The zero-order chi connectivity index (χ0) is 17.2. The van der Waals surface area contributed by atoms with Gasteiger partial charge in [0.25, 0.3) is 0 Å². The van der Waals surface area contributed by atoms with Crippen molar-refractivity contribution in [3.05, 3.63) is 0 Å². The molecule has 0 N–H and O–H groups in total. The number of nitrogens with zero attached hydrogens (tertiary/aromatic N) is 1. The van der Waals surface area contributed by atoms with E-state index >= 15 is 0 Å². The minimum atomic E-state index is -4.96. The summed E-state index contributed by atoms with van der Waals surface area (Å²) in [4.78, 5) is 23.3. The van der Waals surface area contributed by atoms with E-state index in [0.717, 1.165) is 20.0 Å². The van der Waals surface area contributed by atoms with E-state index in [1.165, 1.54) is 6.92 Å². The van der Waals surface area contributed by atoms with Crippen molar-refractivity contribution in [2.24, 2.45) is 5.92 Å². The van der Waals surface area contributed by atoms with Gasteiger partial charge in [0.05, 0.1) is 13.0 Å². The van der Waals surface area contributed by atoms with Crippen molar-refractivity contribution in [2.75, 3.05) is 33.4 Å². The quantitative estimate of drug-likeness (QED) is 0.457. The molecule has 0 aliphatic heterocycles. The molecule has 0 aliphatic rings. The second kappa shape index (κ2) is 10.4. The van der Waals surface area contributed by atoms with Crippen LogP contribution in [0.25, 0.3) is 0 Å². The maximum atomic E-state index is 12.6. The number of carbonyl (C=O) groups excluding carboxylic acids is 2. The fraction of sp³-hybridized carbons (Fsp3) is 0.857. The maximum absolute atomic E-state index is 12.6. The highest BCUT2D eigenvalue weighted by atomic mass is 19.4. The summed E-state index contributed by atoms with van der Waals surface area (Å²) >= 11 is 0. The van der Waals surface area contributed by atoms with E-state index in [1.54, 1.807) is 0 Å². The molecule has 130 valence electrons. The average molecular weight is 327 g/mol. The Morgan fingerprint density at radius 3 is 2.27 bits per heavy atom. The summed E-state index contributed by atoms with van der Waals surface area (Å²) in [5.74, 6) is -3.42. The number of rotatable bonds is 10. The molecule has 0 bridgehead atoms. The molecule has 0 aromatic rings. The standard InChI is InChI=1S/C14H24F3NO4/c1-4-5-8-22-9-6-7-18(13(20)14(15,16)17)10-11(2)12(19)21-3/h11H,4-10H2,1-3H3. The fourth-order valence-electron chi connectivity index (χ4n) is 1.77. The first-order chi connectivity index (χ1) is 10.2. The fourth-order valence-corrected chi connectivity index (χ4v) is 1.77. The highest BCUT2D eigenvalue weighted by Gasteiger charge is 2.42. The van der Waals surface area contributed by atoms with Crippen LogP contribution in [-0.4, -0.2) is 56.4 Å². The molecular formula is C14H24F3NO4. The molecule has 1 atom stereocenters. The number of esters is 1.